The summed E-state index contributed by atoms with van der Waals surface area (Å²) in [5.74, 6) is -0.331. The predicted octanol–water partition coefficient (Wildman–Crippen LogP) is 2.89. The zero-order valence-corrected chi connectivity index (χ0v) is 18.1. The molecule has 5 rings (SSSR count). The molecule has 2 amide bonds. The van der Waals surface area contributed by atoms with E-state index >= 15 is 0 Å². The SMILES string of the molecule is O=C1COC2CCN(C(=O)C(Cc3ccccc3)NC(=O)n3ccc(-c4ccccc4)c3)C12. The molecule has 0 saturated carbocycles. The molecule has 0 bridgehead atoms. The van der Waals surface area contributed by atoms with Gasteiger partial charge in [-0.05, 0) is 29.2 Å². The van der Waals surface area contributed by atoms with Crippen LogP contribution in [0.15, 0.2) is 79.1 Å². The minimum absolute atomic E-state index is 0.0421. The lowest BCUT2D eigenvalue weighted by Crippen LogP contribution is -2.53. The summed E-state index contributed by atoms with van der Waals surface area (Å²) >= 11 is 0. The van der Waals surface area contributed by atoms with Crippen LogP contribution in [0.3, 0.4) is 0 Å². The van der Waals surface area contributed by atoms with Crippen molar-refractivity contribution in [3.63, 3.8) is 0 Å². The molecule has 3 heterocycles. The Bertz CT molecular complexity index is 1160. The first-order valence-electron chi connectivity index (χ1n) is 11.1. The molecular formula is C26H25N3O4. The van der Waals surface area contributed by atoms with Gasteiger partial charge in [-0.25, -0.2) is 4.79 Å². The topological polar surface area (TPSA) is 80.6 Å². The van der Waals surface area contributed by atoms with E-state index in [1.807, 2.05) is 66.7 Å². The number of nitrogens with one attached hydrogen (secondary N) is 1. The van der Waals surface area contributed by atoms with Crippen molar-refractivity contribution in [2.45, 2.75) is 31.0 Å². The van der Waals surface area contributed by atoms with Crippen LogP contribution in [0.25, 0.3) is 11.1 Å². The van der Waals surface area contributed by atoms with E-state index in [0.29, 0.717) is 19.4 Å². The molecule has 2 aliphatic rings. The van der Waals surface area contributed by atoms with Gasteiger partial charge in [-0.1, -0.05) is 60.7 Å². The zero-order chi connectivity index (χ0) is 22.8. The van der Waals surface area contributed by atoms with Gasteiger partial charge in [-0.15, -0.1) is 0 Å². The van der Waals surface area contributed by atoms with Gasteiger partial charge in [0.1, 0.15) is 18.7 Å². The Hall–Kier alpha value is -3.71. The minimum atomic E-state index is -0.797. The van der Waals surface area contributed by atoms with Gasteiger partial charge in [0.2, 0.25) is 5.91 Å². The molecule has 3 atom stereocenters. The number of aromatic nitrogens is 1. The van der Waals surface area contributed by atoms with Crippen LogP contribution in [0.2, 0.25) is 0 Å². The van der Waals surface area contributed by atoms with Crippen molar-refractivity contribution in [3.05, 3.63) is 84.7 Å². The van der Waals surface area contributed by atoms with E-state index in [-0.39, 0.29) is 24.4 Å². The van der Waals surface area contributed by atoms with Crippen molar-refractivity contribution in [1.29, 1.82) is 0 Å². The highest BCUT2D eigenvalue weighted by atomic mass is 16.5. The Morgan fingerprint density at radius 2 is 1.73 bits per heavy atom. The van der Waals surface area contributed by atoms with Crippen molar-refractivity contribution in [2.75, 3.05) is 13.2 Å². The second-order valence-electron chi connectivity index (χ2n) is 8.45. The van der Waals surface area contributed by atoms with Gasteiger partial charge >= 0.3 is 6.03 Å². The van der Waals surface area contributed by atoms with Crippen LogP contribution in [0.1, 0.15) is 12.0 Å². The van der Waals surface area contributed by atoms with E-state index in [1.165, 1.54) is 4.57 Å². The highest BCUT2D eigenvalue weighted by molar-refractivity contribution is 5.95. The Kier molecular flexibility index (Phi) is 5.79. The van der Waals surface area contributed by atoms with Gasteiger partial charge in [0.25, 0.3) is 0 Å². The van der Waals surface area contributed by atoms with Crippen molar-refractivity contribution in [1.82, 2.24) is 14.8 Å². The van der Waals surface area contributed by atoms with E-state index in [2.05, 4.69) is 5.32 Å². The maximum Gasteiger partial charge on any atom is 0.326 e. The van der Waals surface area contributed by atoms with Crippen LogP contribution in [0.5, 0.6) is 0 Å². The van der Waals surface area contributed by atoms with Gasteiger partial charge in [-0.3, -0.25) is 14.2 Å². The number of benzene rings is 2. The maximum absolute atomic E-state index is 13.5. The molecule has 2 saturated heterocycles. The number of nitrogens with zero attached hydrogens (tertiary/aromatic N) is 2. The number of Topliss-reactive ketones (excluding diaryl/α,β-unsaturated/α-hetero) is 1. The molecule has 0 spiro atoms. The Morgan fingerprint density at radius 1 is 1.00 bits per heavy atom. The van der Waals surface area contributed by atoms with Crippen molar-refractivity contribution in [2.24, 2.45) is 0 Å². The van der Waals surface area contributed by atoms with Crippen molar-refractivity contribution >= 4 is 17.7 Å². The van der Waals surface area contributed by atoms with Crippen LogP contribution < -0.4 is 5.32 Å². The quantitative estimate of drug-likeness (QED) is 0.658. The number of fused-ring (bicyclic) bond motifs is 1. The molecule has 1 N–H and O–H groups in total. The molecule has 33 heavy (non-hydrogen) atoms. The number of hydrogen-bond acceptors (Lipinski definition) is 4. The first-order chi connectivity index (χ1) is 16.1. The van der Waals surface area contributed by atoms with Gasteiger partial charge in [0.15, 0.2) is 5.78 Å². The van der Waals surface area contributed by atoms with E-state index < -0.39 is 18.1 Å². The monoisotopic (exact) mass is 443 g/mol. The molecule has 3 aromatic rings. The predicted molar refractivity (Wildman–Crippen MR) is 123 cm³/mol. The Labute approximate surface area is 192 Å². The smallest absolute Gasteiger partial charge is 0.326 e. The minimum Gasteiger partial charge on any atom is -0.368 e. The highest BCUT2D eigenvalue weighted by Gasteiger charge is 2.48. The van der Waals surface area contributed by atoms with Crippen LogP contribution in [-0.2, 0) is 20.7 Å². The summed E-state index contributed by atoms with van der Waals surface area (Å²) in [6.45, 7) is 0.489. The molecule has 3 unspecified atom stereocenters. The Morgan fingerprint density at radius 3 is 2.48 bits per heavy atom. The van der Waals surface area contributed by atoms with Gasteiger partial charge < -0.3 is 15.0 Å². The first-order valence-corrected chi connectivity index (χ1v) is 11.1. The third kappa shape index (κ3) is 4.32. The number of amides is 2. The zero-order valence-electron chi connectivity index (χ0n) is 18.1. The fourth-order valence-electron chi connectivity index (χ4n) is 4.64. The number of ketones is 1. The molecule has 2 aliphatic heterocycles. The van der Waals surface area contributed by atoms with Crippen LogP contribution >= 0.6 is 0 Å². The van der Waals surface area contributed by atoms with Gasteiger partial charge in [0.05, 0.1) is 6.10 Å². The van der Waals surface area contributed by atoms with Crippen molar-refractivity contribution < 1.29 is 19.1 Å². The van der Waals surface area contributed by atoms with E-state index in [4.69, 9.17) is 4.74 Å². The normalized spacial score (nSPS) is 20.5. The van der Waals surface area contributed by atoms with Crippen LogP contribution in [0, 0.1) is 0 Å². The summed E-state index contributed by atoms with van der Waals surface area (Å²) in [6, 6.07) is 19.5. The largest absolute Gasteiger partial charge is 0.368 e. The average Bonchev–Trinajstić information content (AvgIpc) is 3.58. The fraction of sp³-hybridized carbons (Fsp3) is 0.269. The maximum atomic E-state index is 13.5. The lowest BCUT2D eigenvalue weighted by molar-refractivity contribution is -0.138. The lowest BCUT2D eigenvalue weighted by atomic mass is 10.0. The second-order valence-corrected chi connectivity index (χ2v) is 8.45. The molecule has 168 valence electrons. The summed E-state index contributed by atoms with van der Waals surface area (Å²) in [6.07, 6.45) is 4.15. The standard InChI is InChI=1S/C26H25N3O4/c30-22-17-33-23-12-14-29(24(22)23)25(31)21(15-18-7-3-1-4-8-18)27-26(32)28-13-11-20(16-28)19-9-5-2-6-10-19/h1-11,13,16,21,23-24H,12,14-15,17H2,(H,27,32). The summed E-state index contributed by atoms with van der Waals surface area (Å²) in [5, 5.41) is 2.90. The highest BCUT2D eigenvalue weighted by Crippen LogP contribution is 2.28. The molecule has 0 radical (unpaired) electrons. The summed E-state index contributed by atoms with van der Waals surface area (Å²) < 4.78 is 6.98. The molecule has 2 fully saturated rings. The number of ether oxygens (including phenoxy) is 1. The molecule has 2 aromatic carbocycles. The van der Waals surface area contributed by atoms with Crippen molar-refractivity contribution in [3.8, 4) is 11.1 Å². The molecule has 7 heteroatoms. The second kappa shape index (κ2) is 9.03. The van der Waals surface area contributed by atoms with E-state index in [1.54, 1.807) is 17.3 Å². The van der Waals surface area contributed by atoms with E-state index in [0.717, 1.165) is 16.7 Å². The number of rotatable bonds is 5. The average molecular weight is 444 g/mol. The Balaban J connectivity index is 1.37. The third-order valence-corrected chi connectivity index (χ3v) is 6.31. The summed E-state index contributed by atoms with van der Waals surface area (Å²) in [5.41, 5.74) is 2.84. The van der Waals surface area contributed by atoms with Crippen LogP contribution in [0.4, 0.5) is 4.79 Å². The molecular weight excluding hydrogens is 418 g/mol. The lowest BCUT2D eigenvalue weighted by Gasteiger charge is -2.27. The first kappa shape index (κ1) is 21.2. The number of likely N-dealkylation sites (tertiary alicyclic amines) is 1. The van der Waals surface area contributed by atoms with E-state index in [9.17, 15) is 14.4 Å². The number of hydrogen-bond donors (Lipinski definition) is 1. The third-order valence-electron chi connectivity index (χ3n) is 6.31. The van der Waals surface area contributed by atoms with Gasteiger partial charge in [0, 0.05) is 25.4 Å². The van der Waals surface area contributed by atoms with Crippen LogP contribution in [-0.4, -0.2) is 58.5 Å². The molecule has 1 aromatic heterocycles. The molecule has 7 nitrogen and oxygen atoms in total. The number of carbonyl (C=O) groups excluding carboxylic acids is 3. The summed E-state index contributed by atoms with van der Waals surface area (Å²) in [7, 11) is 0. The fourth-order valence-corrected chi connectivity index (χ4v) is 4.64. The number of carbonyl (C=O) groups is 3. The molecule has 0 aliphatic carbocycles. The van der Waals surface area contributed by atoms with Gasteiger partial charge in [-0.2, -0.15) is 0 Å². The summed E-state index contributed by atoms with van der Waals surface area (Å²) in [4.78, 5) is 40.5.